The third-order valence-electron chi connectivity index (χ3n) is 6.38. The molecule has 1 atom stereocenters. The summed E-state index contributed by atoms with van der Waals surface area (Å²) in [5, 5.41) is 0. The maximum absolute atomic E-state index is 2.40. The van der Waals surface area contributed by atoms with Crippen LogP contribution in [0.3, 0.4) is 0 Å². The van der Waals surface area contributed by atoms with E-state index in [4.69, 9.17) is 0 Å². The van der Waals surface area contributed by atoms with Crippen LogP contribution in [0, 0.1) is 5.92 Å². The molecule has 0 spiro atoms. The van der Waals surface area contributed by atoms with Gasteiger partial charge in [0, 0.05) is 5.41 Å². The van der Waals surface area contributed by atoms with E-state index in [1.807, 2.05) is 13.8 Å². The van der Waals surface area contributed by atoms with Gasteiger partial charge < -0.3 is 0 Å². The lowest BCUT2D eigenvalue weighted by Gasteiger charge is -2.22. The Bertz CT molecular complexity index is 1120. The van der Waals surface area contributed by atoms with Crippen molar-refractivity contribution in [1.29, 1.82) is 0 Å². The Balaban J connectivity index is 0.00000106. The lowest BCUT2D eigenvalue weighted by Crippen LogP contribution is -2.14. The zero-order chi connectivity index (χ0) is 21.3. The van der Waals surface area contributed by atoms with Crippen molar-refractivity contribution in [2.24, 2.45) is 5.92 Å². The van der Waals surface area contributed by atoms with Crippen LogP contribution >= 0.6 is 0 Å². The van der Waals surface area contributed by atoms with Crippen LogP contribution in [-0.4, -0.2) is 0 Å². The van der Waals surface area contributed by atoms with Crippen LogP contribution in [0.2, 0.25) is 0 Å². The number of hydrogen-bond acceptors (Lipinski definition) is 0. The van der Waals surface area contributed by atoms with Gasteiger partial charge in [-0.2, -0.15) is 0 Å². The predicted octanol–water partition coefficient (Wildman–Crippen LogP) is 8.67. The normalized spacial score (nSPS) is 18.0. The number of fused-ring (bicyclic) bond motifs is 3. The second kappa shape index (κ2) is 8.11. The molecule has 0 radical (unpaired) electrons. The first-order valence-electron chi connectivity index (χ1n) is 11.3. The first kappa shape index (κ1) is 20.4. The van der Waals surface area contributed by atoms with Gasteiger partial charge in [0.2, 0.25) is 0 Å². The lowest BCUT2D eigenvalue weighted by molar-refractivity contribution is 0.660. The smallest absolute Gasteiger partial charge is 0.0159 e. The van der Waals surface area contributed by atoms with Crippen LogP contribution in [0.5, 0.6) is 0 Å². The van der Waals surface area contributed by atoms with Crippen molar-refractivity contribution in [2.75, 3.05) is 0 Å². The molecule has 0 saturated carbocycles. The SMILES string of the molecule is CC.CC1C=C(c2cccc(-c3ccc4c(c3)C(C)(C)c3ccccc3-4)c2)C=CC1. The Morgan fingerprint density at radius 3 is 2.23 bits per heavy atom. The lowest BCUT2D eigenvalue weighted by atomic mass is 9.81. The molecule has 152 valence electrons. The molecule has 3 aromatic carbocycles. The van der Waals surface area contributed by atoms with E-state index in [1.165, 1.54) is 44.5 Å². The maximum atomic E-state index is 2.40. The summed E-state index contributed by atoms with van der Waals surface area (Å²) >= 11 is 0. The van der Waals surface area contributed by atoms with E-state index in [-0.39, 0.29) is 5.41 Å². The minimum Gasteiger partial charge on any atom is -0.0834 e. The molecule has 0 bridgehead atoms. The minimum atomic E-state index is 0.0453. The molecule has 3 aromatic rings. The highest BCUT2D eigenvalue weighted by atomic mass is 14.4. The summed E-state index contributed by atoms with van der Waals surface area (Å²) in [5.41, 5.74) is 10.9. The van der Waals surface area contributed by atoms with Gasteiger partial charge in [0.15, 0.2) is 0 Å². The molecule has 2 aliphatic rings. The first-order chi connectivity index (χ1) is 14.5. The van der Waals surface area contributed by atoms with E-state index in [2.05, 4.69) is 106 Å². The molecule has 0 aromatic heterocycles. The van der Waals surface area contributed by atoms with Crippen molar-refractivity contribution < 1.29 is 0 Å². The molecular formula is C30H32. The Kier molecular flexibility index (Phi) is 5.52. The Morgan fingerprint density at radius 2 is 1.43 bits per heavy atom. The summed E-state index contributed by atoms with van der Waals surface area (Å²) in [6, 6.07) is 24.8. The molecule has 1 unspecified atom stereocenters. The quantitative estimate of drug-likeness (QED) is 0.409. The molecule has 2 aliphatic carbocycles. The first-order valence-corrected chi connectivity index (χ1v) is 11.3. The standard InChI is InChI=1S/C28H26.C2H6/c1-19-8-6-9-20(16-19)21-10-7-11-22(17-21)23-14-15-25-24-12-4-5-13-26(24)28(2,3)27(25)18-23;1-2/h4-7,9-19H,8H2,1-3H3;1-2H3. The van der Waals surface area contributed by atoms with E-state index >= 15 is 0 Å². The Hall–Kier alpha value is -2.86. The van der Waals surface area contributed by atoms with Gasteiger partial charge in [-0.25, -0.2) is 0 Å². The van der Waals surface area contributed by atoms with Gasteiger partial charge in [0.25, 0.3) is 0 Å². The molecule has 0 amide bonds. The van der Waals surface area contributed by atoms with E-state index < -0.39 is 0 Å². The fraction of sp³-hybridized carbons (Fsp3) is 0.267. The van der Waals surface area contributed by atoms with Crippen molar-refractivity contribution in [3.05, 3.63) is 102 Å². The molecule has 0 heterocycles. The fourth-order valence-corrected chi connectivity index (χ4v) is 4.79. The average molecular weight is 393 g/mol. The monoisotopic (exact) mass is 392 g/mol. The van der Waals surface area contributed by atoms with Gasteiger partial charge in [0.05, 0.1) is 0 Å². The Morgan fingerprint density at radius 1 is 0.733 bits per heavy atom. The van der Waals surface area contributed by atoms with Crippen LogP contribution in [0.25, 0.3) is 27.8 Å². The zero-order valence-electron chi connectivity index (χ0n) is 18.9. The topological polar surface area (TPSA) is 0 Å². The van der Waals surface area contributed by atoms with Gasteiger partial charge in [-0.3, -0.25) is 0 Å². The number of rotatable bonds is 2. The van der Waals surface area contributed by atoms with Crippen molar-refractivity contribution in [3.8, 4) is 22.3 Å². The molecule has 0 heteroatoms. The maximum Gasteiger partial charge on any atom is 0.0159 e. The zero-order valence-corrected chi connectivity index (χ0v) is 18.9. The number of benzene rings is 3. The molecule has 0 nitrogen and oxygen atoms in total. The third-order valence-corrected chi connectivity index (χ3v) is 6.38. The molecule has 0 aliphatic heterocycles. The average Bonchev–Trinajstić information content (AvgIpc) is 3.02. The van der Waals surface area contributed by atoms with E-state index in [0.717, 1.165) is 6.42 Å². The van der Waals surface area contributed by atoms with Crippen LogP contribution in [0.1, 0.15) is 57.7 Å². The van der Waals surface area contributed by atoms with Crippen LogP contribution in [-0.2, 0) is 5.41 Å². The second-order valence-electron chi connectivity index (χ2n) is 8.75. The highest BCUT2D eigenvalue weighted by molar-refractivity contribution is 5.84. The van der Waals surface area contributed by atoms with Crippen molar-refractivity contribution in [1.82, 2.24) is 0 Å². The predicted molar refractivity (Wildman–Crippen MR) is 132 cm³/mol. The van der Waals surface area contributed by atoms with Gasteiger partial charge >= 0.3 is 0 Å². The van der Waals surface area contributed by atoms with Gasteiger partial charge in [-0.1, -0.05) is 107 Å². The highest BCUT2D eigenvalue weighted by Gasteiger charge is 2.35. The van der Waals surface area contributed by atoms with Gasteiger partial charge in [-0.15, -0.1) is 0 Å². The minimum absolute atomic E-state index is 0.0453. The van der Waals surface area contributed by atoms with Gasteiger partial charge in [0.1, 0.15) is 0 Å². The van der Waals surface area contributed by atoms with Crippen LogP contribution in [0.4, 0.5) is 0 Å². The fourth-order valence-electron chi connectivity index (χ4n) is 4.79. The third kappa shape index (κ3) is 3.45. The second-order valence-corrected chi connectivity index (χ2v) is 8.75. The van der Waals surface area contributed by atoms with E-state index in [0.29, 0.717) is 5.92 Å². The molecule has 0 fully saturated rings. The summed E-state index contributed by atoms with van der Waals surface area (Å²) in [7, 11) is 0. The largest absolute Gasteiger partial charge is 0.0834 e. The van der Waals surface area contributed by atoms with E-state index in [9.17, 15) is 0 Å². The molecule has 5 rings (SSSR count). The summed E-state index contributed by atoms with van der Waals surface area (Å²) in [5.74, 6) is 0.614. The summed E-state index contributed by atoms with van der Waals surface area (Å²) in [6.07, 6.45) is 8.09. The van der Waals surface area contributed by atoms with Crippen LogP contribution < -0.4 is 0 Å². The van der Waals surface area contributed by atoms with Crippen molar-refractivity contribution in [3.63, 3.8) is 0 Å². The van der Waals surface area contributed by atoms with Crippen molar-refractivity contribution >= 4 is 5.57 Å². The molecule has 30 heavy (non-hydrogen) atoms. The molecule has 0 saturated heterocycles. The molecular weight excluding hydrogens is 360 g/mol. The van der Waals surface area contributed by atoms with Gasteiger partial charge in [-0.05, 0) is 69.0 Å². The highest BCUT2D eigenvalue weighted by Crippen LogP contribution is 2.49. The summed E-state index contributed by atoms with van der Waals surface area (Å²) < 4.78 is 0. The number of hydrogen-bond donors (Lipinski definition) is 0. The van der Waals surface area contributed by atoms with E-state index in [1.54, 1.807) is 0 Å². The summed E-state index contributed by atoms with van der Waals surface area (Å²) in [4.78, 5) is 0. The molecule has 0 N–H and O–H groups in total. The van der Waals surface area contributed by atoms with Crippen molar-refractivity contribution in [2.45, 2.75) is 46.5 Å². The number of allylic oxidation sites excluding steroid dienone is 4. The Labute approximate surface area is 182 Å². The van der Waals surface area contributed by atoms with Crippen LogP contribution in [0.15, 0.2) is 85.0 Å². The summed E-state index contributed by atoms with van der Waals surface area (Å²) in [6.45, 7) is 11.0.